The molecule has 0 saturated carbocycles. The fraction of sp³-hybridized carbons (Fsp3) is 0.111. The van der Waals surface area contributed by atoms with Gasteiger partial charge in [0.1, 0.15) is 17.2 Å². The molecule has 0 fully saturated rings. The first-order chi connectivity index (χ1) is 17.8. The van der Waals surface area contributed by atoms with Crippen LogP contribution in [0.15, 0.2) is 85.1 Å². The van der Waals surface area contributed by atoms with E-state index in [-0.39, 0.29) is 0 Å². The molecule has 5 aromatic rings. The van der Waals surface area contributed by atoms with Crippen molar-refractivity contribution < 1.29 is 17.9 Å². The largest absolute Gasteiger partial charge is 0.457 e. The Morgan fingerprint density at radius 2 is 1.78 bits per heavy atom. The third-order valence-corrected chi connectivity index (χ3v) is 6.12. The van der Waals surface area contributed by atoms with Gasteiger partial charge in [0.05, 0.1) is 28.0 Å². The van der Waals surface area contributed by atoms with E-state index in [1.54, 1.807) is 18.3 Å². The lowest BCUT2D eigenvalue weighted by Gasteiger charge is -2.24. The van der Waals surface area contributed by atoms with Gasteiger partial charge in [0.25, 0.3) is 0 Å². The molecule has 3 N–H and O–H groups in total. The molecule has 6 rings (SSSR count). The smallest absolute Gasteiger partial charge is 0.416 e. The number of pyridine rings is 1. The van der Waals surface area contributed by atoms with Crippen LogP contribution in [-0.2, 0) is 6.18 Å². The molecule has 2 aromatic heterocycles. The van der Waals surface area contributed by atoms with Gasteiger partial charge in [-0.3, -0.25) is 4.98 Å². The number of anilines is 3. The highest BCUT2D eigenvalue weighted by atomic mass is 19.4. The van der Waals surface area contributed by atoms with Crippen LogP contribution in [0, 0.1) is 0 Å². The Labute approximate surface area is 209 Å². The second-order valence-electron chi connectivity index (χ2n) is 8.64. The van der Waals surface area contributed by atoms with Gasteiger partial charge in [0.2, 0.25) is 0 Å². The Morgan fingerprint density at radius 1 is 0.946 bits per heavy atom. The molecule has 0 bridgehead atoms. The number of benzene rings is 3. The monoisotopic (exact) mass is 502 g/mol. The van der Waals surface area contributed by atoms with E-state index in [0.29, 0.717) is 28.7 Å². The van der Waals surface area contributed by atoms with Gasteiger partial charge in [-0.1, -0.05) is 18.2 Å². The number of hydrogen-bond acceptors (Lipinski definition) is 6. The summed E-state index contributed by atoms with van der Waals surface area (Å²) >= 11 is 0. The van der Waals surface area contributed by atoms with Gasteiger partial charge < -0.3 is 25.3 Å². The number of alkyl halides is 3. The summed E-state index contributed by atoms with van der Waals surface area (Å²) in [7, 11) is 1.85. The molecule has 0 unspecified atom stereocenters. The number of hydrogen-bond donors (Lipinski definition) is 3. The molecule has 186 valence electrons. The summed E-state index contributed by atoms with van der Waals surface area (Å²) in [5, 5.41) is 6.41. The number of imidazole rings is 1. The van der Waals surface area contributed by atoms with Crippen LogP contribution in [0.3, 0.4) is 0 Å². The maximum atomic E-state index is 13.1. The van der Waals surface area contributed by atoms with Gasteiger partial charge >= 0.3 is 6.18 Å². The molecule has 7 nitrogen and oxygen atoms in total. The third kappa shape index (κ3) is 4.49. The summed E-state index contributed by atoms with van der Waals surface area (Å²) < 4.78 is 45.4. The first kappa shape index (κ1) is 22.7. The van der Waals surface area contributed by atoms with E-state index in [9.17, 15) is 13.2 Å². The lowest BCUT2D eigenvalue weighted by Crippen LogP contribution is -2.39. The third-order valence-electron chi connectivity index (χ3n) is 6.12. The number of nitrogens with one attached hydrogen (secondary N) is 3. The first-order valence-electron chi connectivity index (χ1n) is 11.5. The zero-order valence-corrected chi connectivity index (χ0v) is 19.5. The van der Waals surface area contributed by atoms with Gasteiger partial charge in [-0.2, -0.15) is 13.2 Å². The van der Waals surface area contributed by atoms with Crippen molar-refractivity contribution in [1.82, 2.24) is 15.0 Å². The second-order valence-corrected chi connectivity index (χ2v) is 8.64. The highest BCUT2D eigenvalue weighted by Gasteiger charge is 2.31. The van der Waals surface area contributed by atoms with E-state index in [1.165, 1.54) is 6.07 Å². The zero-order valence-electron chi connectivity index (χ0n) is 19.5. The van der Waals surface area contributed by atoms with Crippen LogP contribution >= 0.6 is 0 Å². The van der Waals surface area contributed by atoms with Crippen LogP contribution in [0.5, 0.6) is 11.5 Å². The van der Waals surface area contributed by atoms with Crippen molar-refractivity contribution in [2.24, 2.45) is 0 Å². The number of halogens is 3. The summed E-state index contributed by atoms with van der Waals surface area (Å²) in [6, 6.07) is 22.0. The van der Waals surface area contributed by atoms with Crippen molar-refractivity contribution in [3.8, 4) is 23.0 Å². The van der Waals surface area contributed by atoms with Gasteiger partial charge in [0.15, 0.2) is 12.1 Å². The standard InChI is InChI=1S/C27H21F3N6O/c1-36-24-10-9-18(14-22(24)35-26(36)32-17-6-4-5-16(13-17)27(28,29)30)37-19-11-12-31-23(15-19)25-33-20-7-2-3-8-21(20)34-25/h2-15,26,32,35H,1H3,(H,33,34)/t26-/m0/s1. The second kappa shape index (κ2) is 8.74. The van der Waals surface area contributed by atoms with E-state index in [1.807, 2.05) is 60.5 Å². The highest BCUT2D eigenvalue weighted by Crippen LogP contribution is 2.38. The summed E-state index contributed by atoms with van der Waals surface area (Å²) in [6.45, 7) is 0. The van der Waals surface area contributed by atoms with Gasteiger partial charge in [0, 0.05) is 31.1 Å². The summed E-state index contributed by atoms with van der Waals surface area (Å²) in [5.41, 5.74) is 3.76. The zero-order chi connectivity index (χ0) is 25.6. The van der Waals surface area contributed by atoms with E-state index < -0.39 is 18.0 Å². The predicted octanol–water partition coefficient (Wildman–Crippen LogP) is 6.69. The maximum absolute atomic E-state index is 13.1. The molecule has 1 aliphatic rings. The molecule has 3 aromatic carbocycles. The van der Waals surface area contributed by atoms with Crippen LogP contribution in [0.1, 0.15) is 5.56 Å². The minimum absolute atomic E-state index is 0.360. The summed E-state index contributed by atoms with van der Waals surface area (Å²) in [5.74, 6) is 1.84. The molecule has 0 spiro atoms. The molecule has 0 amide bonds. The number of H-pyrrole nitrogens is 1. The normalized spacial score (nSPS) is 14.9. The van der Waals surface area contributed by atoms with Crippen molar-refractivity contribution in [2.45, 2.75) is 12.5 Å². The summed E-state index contributed by atoms with van der Waals surface area (Å²) in [6.07, 6.45) is -3.18. The number of aromatic amines is 1. The van der Waals surface area contributed by atoms with Crippen LogP contribution < -0.4 is 20.3 Å². The molecule has 37 heavy (non-hydrogen) atoms. The quantitative estimate of drug-likeness (QED) is 0.248. The molecule has 0 radical (unpaired) electrons. The molecule has 0 saturated heterocycles. The molecule has 0 aliphatic carbocycles. The Bertz CT molecular complexity index is 1570. The number of nitrogens with zero attached hydrogens (tertiary/aromatic N) is 3. The van der Waals surface area contributed by atoms with Crippen molar-refractivity contribution >= 4 is 28.1 Å². The Balaban J connectivity index is 1.19. The van der Waals surface area contributed by atoms with Crippen molar-refractivity contribution in [3.05, 3.63) is 90.6 Å². The van der Waals surface area contributed by atoms with Gasteiger partial charge in [-0.05, 0) is 48.5 Å². The molecular formula is C27H21F3N6O. The SMILES string of the molecule is CN1c2ccc(Oc3ccnc(-c4nc5ccccc5[nH]4)c3)cc2N[C@@H]1Nc1cccc(C(F)(F)F)c1. The fourth-order valence-electron chi connectivity index (χ4n) is 4.28. The minimum Gasteiger partial charge on any atom is -0.457 e. The van der Waals surface area contributed by atoms with Crippen LogP contribution in [-0.4, -0.2) is 28.3 Å². The average molecular weight is 503 g/mol. The van der Waals surface area contributed by atoms with Crippen molar-refractivity contribution in [2.75, 3.05) is 22.6 Å². The molecule has 3 heterocycles. The predicted molar refractivity (Wildman–Crippen MR) is 137 cm³/mol. The molecule has 1 atom stereocenters. The summed E-state index contributed by atoms with van der Waals surface area (Å²) in [4.78, 5) is 14.2. The Morgan fingerprint density at radius 3 is 2.62 bits per heavy atom. The number of aromatic nitrogens is 3. The number of fused-ring (bicyclic) bond motifs is 2. The van der Waals surface area contributed by atoms with Gasteiger partial charge in [-0.25, -0.2) is 4.98 Å². The molecule has 1 aliphatic heterocycles. The van der Waals surface area contributed by atoms with Crippen LogP contribution in [0.4, 0.5) is 30.2 Å². The minimum atomic E-state index is -4.40. The topological polar surface area (TPSA) is 78.1 Å². The van der Waals surface area contributed by atoms with Crippen LogP contribution in [0.25, 0.3) is 22.6 Å². The van der Waals surface area contributed by atoms with E-state index >= 15 is 0 Å². The van der Waals surface area contributed by atoms with E-state index in [2.05, 4.69) is 25.6 Å². The number of rotatable bonds is 5. The van der Waals surface area contributed by atoms with Crippen molar-refractivity contribution in [1.29, 1.82) is 0 Å². The van der Waals surface area contributed by atoms with Gasteiger partial charge in [-0.15, -0.1) is 0 Å². The van der Waals surface area contributed by atoms with Crippen LogP contribution in [0.2, 0.25) is 0 Å². The van der Waals surface area contributed by atoms with E-state index in [4.69, 9.17) is 4.74 Å². The average Bonchev–Trinajstić information content (AvgIpc) is 3.45. The Hall–Kier alpha value is -4.73. The van der Waals surface area contributed by atoms with E-state index in [0.717, 1.165) is 34.5 Å². The molecule has 10 heteroatoms. The number of ether oxygens (including phenoxy) is 1. The Kier molecular flexibility index (Phi) is 5.36. The first-order valence-corrected chi connectivity index (χ1v) is 11.5. The lowest BCUT2D eigenvalue weighted by atomic mass is 10.2. The van der Waals surface area contributed by atoms with Crippen molar-refractivity contribution in [3.63, 3.8) is 0 Å². The molecular weight excluding hydrogens is 481 g/mol. The maximum Gasteiger partial charge on any atom is 0.416 e. The highest BCUT2D eigenvalue weighted by molar-refractivity contribution is 5.79. The number of para-hydroxylation sites is 2. The fourth-order valence-corrected chi connectivity index (χ4v) is 4.28. The lowest BCUT2D eigenvalue weighted by molar-refractivity contribution is -0.137.